The first-order chi connectivity index (χ1) is 7.93. The summed E-state index contributed by atoms with van der Waals surface area (Å²) in [5.74, 6) is -1.06. The van der Waals surface area contributed by atoms with Crippen LogP contribution in [-0.2, 0) is 9.59 Å². The van der Waals surface area contributed by atoms with Crippen molar-refractivity contribution in [2.75, 3.05) is 6.54 Å². The van der Waals surface area contributed by atoms with Crippen molar-refractivity contribution in [3.63, 3.8) is 0 Å². The molecule has 5 nitrogen and oxygen atoms in total. The Kier molecular flexibility index (Phi) is 6.80. The Balaban J connectivity index is 4.55. The Hall–Kier alpha value is -1.10. The first kappa shape index (κ1) is 15.9. The van der Waals surface area contributed by atoms with Gasteiger partial charge in [0.25, 0.3) is 0 Å². The van der Waals surface area contributed by atoms with Crippen LogP contribution in [0.25, 0.3) is 0 Å². The zero-order valence-electron chi connectivity index (χ0n) is 11.2. The van der Waals surface area contributed by atoms with Crippen LogP contribution < -0.4 is 10.6 Å². The van der Waals surface area contributed by atoms with Crippen molar-refractivity contribution >= 4 is 11.9 Å². The Morgan fingerprint density at radius 1 is 1.24 bits per heavy atom. The van der Waals surface area contributed by atoms with Crippen LogP contribution in [-0.4, -0.2) is 35.1 Å². The van der Waals surface area contributed by atoms with Gasteiger partial charge in [0.15, 0.2) is 0 Å². The van der Waals surface area contributed by atoms with Crippen molar-refractivity contribution in [1.82, 2.24) is 10.6 Å². The highest BCUT2D eigenvalue weighted by molar-refractivity contribution is 5.84. The monoisotopic (exact) mass is 244 g/mol. The number of aliphatic carboxylic acids is 1. The van der Waals surface area contributed by atoms with Crippen molar-refractivity contribution in [2.24, 2.45) is 0 Å². The molecule has 0 fully saturated rings. The summed E-state index contributed by atoms with van der Waals surface area (Å²) in [6, 6.07) is -0.502. The van der Waals surface area contributed by atoms with Gasteiger partial charge in [0.1, 0.15) is 5.54 Å². The third-order valence-electron chi connectivity index (χ3n) is 3.05. The maximum absolute atomic E-state index is 11.7. The average Bonchev–Trinajstić information content (AvgIpc) is 2.32. The van der Waals surface area contributed by atoms with E-state index >= 15 is 0 Å². The third-order valence-corrected chi connectivity index (χ3v) is 3.05. The van der Waals surface area contributed by atoms with E-state index in [1.807, 2.05) is 6.92 Å². The minimum Gasteiger partial charge on any atom is -0.480 e. The molecule has 0 aliphatic rings. The Bertz CT molecular complexity index is 262. The van der Waals surface area contributed by atoms with Crippen molar-refractivity contribution < 1.29 is 14.7 Å². The van der Waals surface area contributed by atoms with Gasteiger partial charge < -0.3 is 10.4 Å². The van der Waals surface area contributed by atoms with Crippen LogP contribution >= 0.6 is 0 Å². The van der Waals surface area contributed by atoms with E-state index in [0.717, 1.165) is 6.42 Å². The van der Waals surface area contributed by atoms with Crippen LogP contribution in [0.15, 0.2) is 0 Å². The molecule has 3 N–H and O–H groups in total. The first-order valence-corrected chi connectivity index (χ1v) is 6.22. The second-order valence-corrected chi connectivity index (χ2v) is 4.25. The van der Waals surface area contributed by atoms with E-state index in [2.05, 4.69) is 10.6 Å². The van der Waals surface area contributed by atoms with Gasteiger partial charge in [0.2, 0.25) is 5.91 Å². The zero-order valence-corrected chi connectivity index (χ0v) is 11.2. The van der Waals surface area contributed by atoms with Gasteiger partial charge in [0.05, 0.1) is 6.04 Å². The van der Waals surface area contributed by atoms with Crippen molar-refractivity contribution in [3.8, 4) is 0 Å². The lowest BCUT2D eigenvalue weighted by Gasteiger charge is -2.31. The summed E-state index contributed by atoms with van der Waals surface area (Å²) in [4.78, 5) is 22.9. The molecule has 0 rings (SSSR count). The van der Waals surface area contributed by atoms with Gasteiger partial charge in [-0.15, -0.1) is 0 Å². The highest BCUT2D eigenvalue weighted by Crippen LogP contribution is 2.16. The third kappa shape index (κ3) is 4.34. The molecule has 0 bridgehead atoms. The number of carbonyl (C=O) groups is 2. The van der Waals surface area contributed by atoms with E-state index in [4.69, 9.17) is 0 Å². The van der Waals surface area contributed by atoms with Gasteiger partial charge in [0, 0.05) is 6.54 Å². The van der Waals surface area contributed by atoms with Crippen LogP contribution in [0.3, 0.4) is 0 Å². The van der Waals surface area contributed by atoms with Crippen LogP contribution in [0.5, 0.6) is 0 Å². The zero-order chi connectivity index (χ0) is 13.5. The number of amides is 1. The molecule has 0 aromatic rings. The standard InChI is InChI=1S/C12H24N2O3/c1-5-8-13-10(15)9(4)14-12(6-2,7-3)11(16)17/h9,14H,5-8H2,1-4H3,(H,13,15)(H,16,17). The smallest absolute Gasteiger partial charge is 0.323 e. The topological polar surface area (TPSA) is 78.4 Å². The fraction of sp³-hybridized carbons (Fsp3) is 0.833. The number of carboxylic acid groups (broad SMARTS) is 1. The lowest BCUT2D eigenvalue weighted by molar-refractivity contribution is -0.146. The molecule has 1 atom stereocenters. The SMILES string of the molecule is CCCNC(=O)C(C)NC(CC)(CC)C(=O)O. The highest BCUT2D eigenvalue weighted by Gasteiger charge is 2.37. The summed E-state index contributed by atoms with van der Waals surface area (Å²) in [7, 11) is 0. The van der Waals surface area contributed by atoms with Crippen molar-refractivity contribution in [1.29, 1.82) is 0 Å². The van der Waals surface area contributed by atoms with Gasteiger partial charge >= 0.3 is 5.97 Å². The summed E-state index contributed by atoms with van der Waals surface area (Å²) < 4.78 is 0. The molecule has 0 aliphatic heterocycles. The van der Waals surface area contributed by atoms with E-state index in [1.165, 1.54) is 0 Å². The predicted octanol–water partition coefficient (Wildman–Crippen LogP) is 1.13. The maximum atomic E-state index is 11.7. The number of carbonyl (C=O) groups excluding carboxylic acids is 1. The molecule has 17 heavy (non-hydrogen) atoms. The summed E-state index contributed by atoms with van der Waals surface area (Å²) in [6.45, 7) is 7.89. The van der Waals surface area contributed by atoms with Gasteiger partial charge in [-0.25, -0.2) is 0 Å². The van der Waals surface area contributed by atoms with E-state index < -0.39 is 17.6 Å². The van der Waals surface area contributed by atoms with Gasteiger partial charge in [-0.3, -0.25) is 14.9 Å². The predicted molar refractivity (Wildman–Crippen MR) is 66.8 cm³/mol. The lowest BCUT2D eigenvalue weighted by atomic mass is 9.92. The number of carboxylic acids is 1. The van der Waals surface area contributed by atoms with Crippen LogP contribution in [0.2, 0.25) is 0 Å². The Labute approximate surface area is 103 Å². The summed E-state index contributed by atoms with van der Waals surface area (Å²) in [6.07, 6.45) is 1.76. The second-order valence-electron chi connectivity index (χ2n) is 4.25. The molecule has 0 heterocycles. The van der Waals surface area contributed by atoms with Crippen molar-refractivity contribution in [2.45, 2.75) is 58.5 Å². The molecular weight excluding hydrogens is 220 g/mol. The number of rotatable bonds is 8. The minimum absolute atomic E-state index is 0.153. The summed E-state index contributed by atoms with van der Waals surface area (Å²) in [5, 5.41) is 14.9. The van der Waals surface area contributed by atoms with E-state index in [-0.39, 0.29) is 5.91 Å². The van der Waals surface area contributed by atoms with Crippen LogP contribution in [0.4, 0.5) is 0 Å². The molecule has 0 aromatic carbocycles. The number of nitrogens with one attached hydrogen (secondary N) is 2. The fourth-order valence-electron chi connectivity index (χ4n) is 1.70. The van der Waals surface area contributed by atoms with Crippen LogP contribution in [0.1, 0.15) is 47.0 Å². The summed E-state index contributed by atoms with van der Waals surface area (Å²) >= 11 is 0. The van der Waals surface area contributed by atoms with E-state index in [0.29, 0.717) is 19.4 Å². The molecule has 0 spiro atoms. The molecule has 0 saturated heterocycles. The molecule has 0 aromatic heterocycles. The maximum Gasteiger partial charge on any atom is 0.323 e. The average molecular weight is 244 g/mol. The van der Waals surface area contributed by atoms with E-state index in [1.54, 1.807) is 20.8 Å². The van der Waals surface area contributed by atoms with Crippen LogP contribution in [0, 0.1) is 0 Å². The Morgan fingerprint density at radius 2 is 1.76 bits per heavy atom. The minimum atomic E-state index is -1.01. The molecular formula is C12H24N2O3. The summed E-state index contributed by atoms with van der Waals surface area (Å²) in [5.41, 5.74) is -1.01. The van der Waals surface area contributed by atoms with Gasteiger partial charge in [-0.1, -0.05) is 20.8 Å². The molecule has 5 heteroatoms. The van der Waals surface area contributed by atoms with E-state index in [9.17, 15) is 14.7 Å². The number of hydrogen-bond donors (Lipinski definition) is 3. The first-order valence-electron chi connectivity index (χ1n) is 6.22. The molecule has 0 saturated carbocycles. The van der Waals surface area contributed by atoms with Gasteiger partial charge in [-0.2, -0.15) is 0 Å². The largest absolute Gasteiger partial charge is 0.480 e. The molecule has 1 amide bonds. The fourth-order valence-corrected chi connectivity index (χ4v) is 1.70. The molecule has 0 radical (unpaired) electrons. The molecule has 1 unspecified atom stereocenters. The number of hydrogen-bond acceptors (Lipinski definition) is 3. The molecule has 100 valence electrons. The molecule has 0 aliphatic carbocycles. The highest BCUT2D eigenvalue weighted by atomic mass is 16.4. The quantitative estimate of drug-likeness (QED) is 0.598. The normalized spacial score (nSPS) is 13.2. The van der Waals surface area contributed by atoms with Gasteiger partial charge in [-0.05, 0) is 26.2 Å². The second kappa shape index (κ2) is 7.27. The Morgan fingerprint density at radius 3 is 2.12 bits per heavy atom. The van der Waals surface area contributed by atoms with Crippen molar-refractivity contribution in [3.05, 3.63) is 0 Å². The lowest BCUT2D eigenvalue weighted by Crippen LogP contribution is -2.58.